The van der Waals surface area contributed by atoms with Crippen LogP contribution in [0.25, 0.3) is 0 Å². The lowest BCUT2D eigenvalue weighted by Gasteiger charge is -2.30. The van der Waals surface area contributed by atoms with Gasteiger partial charge in [0.1, 0.15) is 0 Å². The summed E-state index contributed by atoms with van der Waals surface area (Å²) in [6.07, 6.45) is -15.0. The first kappa shape index (κ1) is 18.0. The largest absolute Gasteiger partial charge is 0.452 e. The predicted octanol–water partition coefficient (Wildman–Crippen LogP) is 3.80. The zero-order chi connectivity index (χ0) is 15.5. The van der Waals surface area contributed by atoms with Gasteiger partial charge in [-0.3, -0.25) is 9.18 Å². The molecular weight excluding hydrogens is 285 g/mol. The van der Waals surface area contributed by atoms with E-state index in [4.69, 9.17) is 0 Å². The molecule has 0 aliphatic rings. The van der Waals surface area contributed by atoms with E-state index in [0.29, 0.717) is 6.92 Å². The number of halogens is 7. The lowest BCUT2D eigenvalue weighted by molar-refractivity contribution is -0.256. The van der Waals surface area contributed by atoms with Crippen molar-refractivity contribution in [3.05, 3.63) is 0 Å². The fourth-order valence-corrected chi connectivity index (χ4v) is 1.11. The number of carbonyl (C=O) groups is 1. The summed E-state index contributed by atoms with van der Waals surface area (Å²) in [5.41, 5.74) is -3.05. The lowest BCUT2D eigenvalue weighted by atomic mass is 9.87. The maximum atomic E-state index is 12.6. The quantitative estimate of drug-likeness (QED) is 0.570. The van der Waals surface area contributed by atoms with Crippen molar-refractivity contribution in [1.82, 2.24) is 0 Å². The number of carbonyl (C=O) groups excluding carboxylic acids is 1. The van der Waals surface area contributed by atoms with E-state index < -0.39 is 49.4 Å². The highest BCUT2D eigenvalue weighted by molar-refractivity contribution is 5.77. The second-order valence-corrected chi connectivity index (χ2v) is 4.10. The first-order valence-corrected chi connectivity index (χ1v) is 5.30. The summed E-state index contributed by atoms with van der Waals surface area (Å²) in [7, 11) is 0. The molecule has 0 aliphatic carbocycles. The van der Waals surface area contributed by atoms with E-state index in [0.717, 1.165) is 6.92 Å². The van der Waals surface area contributed by atoms with Crippen molar-refractivity contribution in [2.75, 3.05) is 6.67 Å². The molecular formula is C10H13F7O2. The summed E-state index contributed by atoms with van der Waals surface area (Å²) in [4.78, 5) is 11.3. The van der Waals surface area contributed by atoms with E-state index in [1.54, 1.807) is 0 Å². The molecule has 0 fully saturated rings. The summed E-state index contributed by atoms with van der Waals surface area (Å²) < 4.78 is 90.6. The van der Waals surface area contributed by atoms with Gasteiger partial charge < -0.3 is 4.74 Å². The van der Waals surface area contributed by atoms with Crippen LogP contribution in [-0.4, -0.2) is 31.1 Å². The number of alkyl halides is 7. The van der Waals surface area contributed by atoms with Crippen LogP contribution < -0.4 is 0 Å². The van der Waals surface area contributed by atoms with Gasteiger partial charge in [0.2, 0.25) is 0 Å². The Morgan fingerprint density at radius 1 is 1.16 bits per heavy atom. The molecule has 0 spiro atoms. The Morgan fingerprint density at radius 2 is 1.63 bits per heavy atom. The van der Waals surface area contributed by atoms with E-state index in [1.165, 1.54) is 0 Å². The van der Waals surface area contributed by atoms with Gasteiger partial charge in [-0.1, -0.05) is 6.92 Å². The monoisotopic (exact) mass is 298 g/mol. The van der Waals surface area contributed by atoms with E-state index in [2.05, 4.69) is 4.74 Å². The van der Waals surface area contributed by atoms with Gasteiger partial charge in [0.25, 0.3) is 0 Å². The summed E-state index contributed by atoms with van der Waals surface area (Å²) in [5.74, 6) is -2.06. The third-order valence-electron chi connectivity index (χ3n) is 2.77. The first-order valence-electron chi connectivity index (χ1n) is 5.30. The van der Waals surface area contributed by atoms with Crippen molar-refractivity contribution in [2.45, 2.75) is 45.1 Å². The average Bonchev–Trinajstić information content (AvgIpc) is 2.24. The van der Waals surface area contributed by atoms with Crippen molar-refractivity contribution in [2.24, 2.45) is 5.41 Å². The Labute approximate surface area is 104 Å². The molecule has 0 heterocycles. The van der Waals surface area contributed by atoms with Crippen LogP contribution >= 0.6 is 0 Å². The second kappa shape index (κ2) is 5.96. The van der Waals surface area contributed by atoms with E-state index in [1.807, 2.05) is 0 Å². The Kier molecular flexibility index (Phi) is 5.64. The molecule has 0 aromatic rings. The molecule has 2 nitrogen and oxygen atoms in total. The molecule has 0 saturated heterocycles. The molecule has 2 atom stereocenters. The van der Waals surface area contributed by atoms with Crippen molar-refractivity contribution in [3.8, 4) is 0 Å². The standard InChI is InChI=1S/C10H13F7O2/c1-3-8(2,10(15,16)17)7(18)19-6(4-5-11)9(12,13)14/h6H,3-5H2,1-2H3. The highest BCUT2D eigenvalue weighted by atomic mass is 19.4. The van der Waals surface area contributed by atoms with Crippen molar-refractivity contribution < 1.29 is 40.3 Å². The third kappa shape index (κ3) is 4.24. The third-order valence-corrected chi connectivity index (χ3v) is 2.77. The number of hydrogen-bond donors (Lipinski definition) is 0. The normalized spacial score (nSPS) is 17.7. The number of ether oxygens (including phenoxy) is 1. The van der Waals surface area contributed by atoms with Crippen LogP contribution in [0.2, 0.25) is 0 Å². The van der Waals surface area contributed by atoms with E-state index in [-0.39, 0.29) is 0 Å². The molecule has 0 aromatic heterocycles. The molecule has 114 valence electrons. The molecule has 9 heteroatoms. The van der Waals surface area contributed by atoms with Gasteiger partial charge in [-0.25, -0.2) is 0 Å². The van der Waals surface area contributed by atoms with Crippen LogP contribution in [0.3, 0.4) is 0 Å². The topological polar surface area (TPSA) is 26.3 Å². The maximum Gasteiger partial charge on any atom is 0.425 e. The second-order valence-electron chi connectivity index (χ2n) is 4.10. The van der Waals surface area contributed by atoms with Gasteiger partial charge in [-0.2, -0.15) is 26.3 Å². The van der Waals surface area contributed by atoms with E-state index >= 15 is 0 Å². The molecule has 2 unspecified atom stereocenters. The summed E-state index contributed by atoms with van der Waals surface area (Å²) >= 11 is 0. The highest BCUT2D eigenvalue weighted by Gasteiger charge is 2.58. The summed E-state index contributed by atoms with van der Waals surface area (Å²) in [6.45, 7) is -0.0307. The molecule has 0 aromatic carbocycles. The van der Waals surface area contributed by atoms with Gasteiger partial charge in [-0.15, -0.1) is 0 Å². The summed E-state index contributed by atoms with van der Waals surface area (Å²) in [6, 6.07) is 0. The van der Waals surface area contributed by atoms with Gasteiger partial charge in [0.15, 0.2) is 11.5 Å². The Balaban J connectivity index is 5.10. The van der Waals surface area contributed by atoms with Crippen molar-refractivity contribution in [3.63, 3.8) is 0 Å². The molecule has 0 amide bonds. The smallest absolute Gasteiger partial charge is 0.425 e. The molecule has 0 bridgehead atoms. The Hall–Kier alpha value is -1.02. The molecule has 0 radical (unpaired) electrons. The SMILES string of the molecule is CCC(C)(C(=O)OC(CCF)C(F)(F)F)C(F)(F)F. The minimum Gasteiger partial charge on any atom is -0.452 e. The van der Waals surface area contributed by atoms with Crippen LogP contribution in [0.1, 0.15) is 26.7 Å². The first-order chi connectivity index (χ1) is 8.40. The Morgan fingerprint density at radius 3 is 1.89 bits per heavy atom. The van der Waals surface area contributed by atoms with Crippen LogP contribution in [-0.2, 0) is 9.53 Å². The van der Waals surface area contributed by atoms with E-state index in [9.17, 15) is 35.5 Å². The minimum absolute atomic E-state index is 0.443. The maximum absolute atomic E-state index is 12.6. The fraction of sp³-hybridized carbons (Fsp3) is 0.900. The van der Waals surface area contributed by atoms with Crippen LogP contribution in [0.15, 0.2) is 0 Å². The molecule has 0 N–H and O–H groups in total. The summed E-state index contributed by atoms with van der Waals surface area (Å²) in [5, 5.41) is 0. The van der Waals surface area contributed by atoms with Gasteiger partial charge in [0, 0.05) is 6.42 Å². The Bertz CT molecular complexity index is 310. The van der Waals surface area contributed by atoms with Crippen molar-refractivity contribution >= 4 is 5.97 Å². The predicted molar refractivity (Wildman–Crippen MR) is 51.0 cm³/mol. The van der Waals surface area contributed by atoms with Crippen LogP contribution in [0, 0.1) is 5.41 Å². The molecule has 19 heavy (non-hydrogen) atoms. The average molecular weight is 298 g/mol. The molecule has 0 saturated carbocycles. The zero-order valence-electron chi connectivity index (χ0n) is 10.2. The van der Waals surface area contributed by atoms with Crippen molar-refractivity contribution in [1.29, 1.82) is 0 Å². The van der Waals surface area contributed by atoms with Gasteiger partial charge in [0.05, 0.1) is 6.67 Å². The zero-order valence-corrected chi connectivity index (χ0v) is 10.2. The fourth-order valence-electron chi connectivity index (χ4n) is 1.11. The lowest BCUT2D eigenvalue weighted by Crippen LogP contribution is -2.46. The molecule has 0 rings (SSSR count). The van der Waals surface area contributed by atoms with Crippen LogP contribution in [0.5, 0.6) is 0 Å². The van der Waals surface area contributed by atoms with Gasteiger partial charge in [-0.05, 0) is 13.3 Å². The number of hydrogen-bond acceptors (Lipinski definition) is 2. The van der Waals surface area contributed by atoms with Gasteiger partial charge >= 0.3 is 18.3 Å². The highest BCUT2D eigenvalue weighted by Crippen LogP contribution is 2.42. The number of esters is 1. The van der Waals surface area contributed by atoms with Crippen LogP contribution in [0.4, 0.5) is 30.7 Å². The minimum atomic E-state index is -5.11. The molecule has 0 aliphatic heterocycles. The number of rotatable bonds is 5.